The maximum absolute atomic E-state index is 11.7. The van der Waals surface area contributed by atoms with Crippen molar-refractivity contribution in [3.8, 4) is 45.5 Å². The van der Waals surface area contributed by atoms with Gasteiger partial charge in [0.15, 0.2) is 5.82 Å². The van der Waals surface area contributed by atoms with Gasteiger partial charge in [-0.2, -0.15) is 4.98 Å². The van der Waals surface area contributed by atoms with Crippen molar-refractivity contribution in [1.82, 2.24) is 24.7 Å². The molecule has 0 saturated heterocycles. The standard InChI is InChI=1S/C30H25N5O4/c1-3-38-29-32-25-8-4-5-9-26(25)35(29)18-19-10-12-20(13-11-19)24-17-21(22-7-6-16-31-28(22)37-2)14-15-23(24)27-33-30(36)39-34-27/h4-17H,3,18H2,1-2H3,(H,33,34,36). The van der Waals surface area contributed by atoms with Crippen molar-refractivity contribution < 1.29 is 14.0 Å². The molecule has 3 heterocycles. The van der Waals surface area contributed by atoms with E-state index in [4.69, 9.17) is 14.0 Å². The number of hydrogen-bond donors (Lipinski definition) is 1. The molecule has 9 heteroatoms. The number of para-hydroxylation sites is 2. The maximum Gasteiger partial charge on any atom is 0.439 e. The molecule has 0 atom stereocenters. The minimum absolute atomic E-state index is 0.356. The van der Waals surface area contributed by atoms with Gasteiger partial charge >= 0.3 is 5.76 Å². The number of aromatic amines is 1. The van der Waals surface area contributed by atoms with Gasteiger partial charge in [-0.3, -0.25) is 14.1 Å². The molecule has 0 radical (unpaired) electrons. The first-order valence-corrected chi connectivity index (χ1v) is 12.5. The van der Waals surface area contributed by atoms with Crippen LogP contribution >= 0.6 is 0 Å². The molecule has 0 saturated carbocycles. The van der Waals surface area contributed by atoms with Gasteiger partial charge in [-0.15, -0.1) is 0 Å². The first kappa shape index (κ1) is 24.2. The molecule has 6 aromatic rings. The predicted octanol–water partition coefficient (Wildman–Crippen LogP) is 5.56. The van der Waals surface area contributed by atoms with E-state index >= 15 is 0 Å². The number of hydrogen-bond acceptors (Lipinski definition) is 7. The zero-order valence-electron chi connectivity index (χ0n) is 21.4. The number of H-pyrrole nitrogens is 1. The van der Waals surface area contributed by atoms with Gasteiger partial charge in [-0.25, -0.2) is 9.78 Å². The molecule has 3 aromatic carbocycles. The highest BCUT2D eigenvalue weighted by Crippen LogP contribution is 2.36. The summed E-state index contributed by atoms with van der Waals surface area (Å²) in [5.74, 6) is 0.274. The van der Waals surface area contributed by atoms with Gasteiger partial charge in [0.2, 0.25) is 5.88 Å². The number of nitrogens with one attached hydrogen (secondary N) is 1. The van der Waals surface area contributed by atoms with Crippen LogP contribution in [0.3, 0.4) is 0 Å². The molecule has 0 spiro atoms. The molecular formula is C30H25N5O4. The van der Waals surface area contributed by atoms with Crippen LogP contribution in [-0.2, 0) is 6.54 Å². The third-order valence-corrected chi connectivity index (χ3v) is 6.49. The number of pyridine rings is 1. The Labute approximate surface area is 223 Å². The third kappa shape index (κ3) is 4.66. The van der Waals surface area contributed by atoms with Crippen LogP contribution in [0.5, 0.6) is 11.9 Å². The lowest BCUT2D eigenvalue weighted by Gasteiger charge is -2.13. The number of methoxy groups -OCH3 is 1. The highest BCUT2D eigenvalue weighted by molar-refractivity contribution is 5.85. The SMILES string of the molecule is CCOc1nc2ccccc2n1Cc1ccc(-c2cc(-c3cccnc3OC)ccc2-c2noc(=O)[nH]2)cc1. The maximum atomic E-state index is 11.7. The normalized spacial score (nSPS) is 11.1. The van der Waals surface area contributed by atoms with E-state index in [0.717, 1.165) is 44.4 Å². The Balaban J connectivity index is 1.41. The molecule has 0 aliphatic rings. The van der Waals surface area contributed by atoms with Crippen molar-refractivity contribution in [2.45, 2.75) is 13.5 Å². The van der Waals surface area contributed by atoms with Gasteiger partial charge in [0.05, 0.1) is 31.3 Å². The zero-order valence-corrected chi connectivity index (χ0v) is 21.4. The summed E-state index contributed by atoms with van der Waals surface area (Å²) < 4.78 is 18.2. The fraction of sp³-hybridized carbons (Fsp3) is 0.133. The largest absolute Gasteiger partial charge is 0.481 e. The second kappa shape index (κ2) is 10.3. The van der Waals surface area contributed by atoms with Crippen LogP contribution in [-0.4, -0.2) is 38.4 Å². The summed E-state index contributed by atoms with van der Waals surface area (Å²) in [7, 11) is 1.60. The van der Waals surface area contributed by atoms with Gasteiger partial charge < -0.3 is 9.47 Å². The molecular weight excluding hydrogens is 494 g/mol. The van der Waals surface area contributed by atoms with Gasteiger partial charge in [-0.1, -0.05) is 47.6 Å². The minimum atomic E-state index is -0.609. The second-order valence-electron chi connectivity index (χ2n) is 8.86. The fourth-order valence-electron chi connectivity index (χ4n) is 4.69. The van der Waals surface area contributed by atoms with Crippen molar-refractivity contribution in [2.75, 3.05) is 13.7 Å². The summed E-state index contributed by atoms with van der Waals surface area (Å²) >= 11 is 0. The number of benzene rings is 3. The van der Waals surface area contributed by atoms with Crippen molar-refractivity contribution in [1.29, 1.82) is 0 Å². The minimum Gasteiger partial charge on any atom is -0.481 e. The Morgan fingerprint density at radius 3 is 2.51 bits per heavy atom. The number of aromatic nitrogens is 5. The number of rotatable bonds is 8. The van der Waals surface area contributed by atoms with Crippen LogP contribution in [0.25, 0.3) is 44.7 Å². The first-order chi connectivity index (χ1) is 19.1. The lowest BCUT2D eigenvalue weighted by Crippen LogP contribution is -2.05. The Kier molecular flexibility index (Phi) is 6.38. The molecule has 0 unspecified atom stereocenters. The highest BCUT2D eigenvalue weighted by atomic mass is 16.5. The molecule has 9 nitrogen and oxygen atoms in total. The Morgan fingerprint density at radius 2 is 1.74 bits per heavy atom. The van der Waals surface area contributed by atoms with Gasteiger partial charge in [0.1, 0.15) is 0 Å². The highest BCUT2D eigenvalue weighted by Gasteiger charge is 2.16. The number of imidazole rings is 1. The van der Waals surface area contributed by atoms with E-state index in [2.05, 4.69) is 48.9 Å². The Hall–Kier alpha value is -5.18. The van der Waals surface area contributed by atoms with E-state index in [9.17, 15) is 4.79 Å². The van der Waals surface area contributed by atoms with Gasteiger partial charge in [-0.05, 0) is 65.6 Å². The smallest absolute Gasteiger partial charge is 0.439 e. The van der Waals surface area contributed by atoms with E-state index < -0.39 is 5.76 Å². The number of ether oxygens (including phenoxy) is 2. The van der Waals surface area contributed by atoms with E-state index in [-0.39, 0.29) is 0 Å². The summed E-state index contributed by atoms with van der Waals surface area (Å²) in [6, 6.07) is 26.6. The summed E-state index contributed by atoms with van der Waals surface area (Å²) in [4.78, 5) is 23.4. The van der Waals surface area contributed by atoms with E-state index in [0.29, 0.717) is 30.9 Å². The lowest BCUT2D eigenvalue weighted by atomic mass is 9.94. The quantitative estimate of drug-likeness (QED) is 0.280. The van der Waals surface area contributed by atoms with Gasteiger partial charge in [0.25, 0.3) is 6.01 Å². The topological polar surface area (TPSA) is 108 Å². The lowest BCUT2D eigenvalue weighted by molar-refractivity contribution is 0.301. The molecule has 0 aliphatic heterocycles. The van der Waals surface area contributed by atoms with Crippen molar-refractivity contribution in [2.24, 2.45) is 0 Å². The van der Waals surface area contributed by atoms with Crippen molar-refractivity contribution in [3.63, 3.8) is 0 Å². The number of fused-ring (bicyclic) bond motifs is 1. The second-order valence-corrected chi connectivity index (χ2v) is 8.86. The molecule has 39 heavy (non-hydrogen) atoms. The number of nitrogens with zero attached hydrogens (tertiary/aromatic N) is 4. The van der Waals surface area contributed by atoms with Crippen LogP contribution < -0.4 is 15.2 Å². The summed E-state index contributed by atoms with van der Waals surface area (Å²) in [5, 5.41) is 3.93. The molecule has 6 rings (SSSR count). The summed E-state index contributed by atoms with van der Waals surface area (Å²) in [6.45, 7) is 3.09. The van der Waals surface area contributed by atoms with E-state index in [1.165, 1.54) is 0 Å². The average molecular weight is 520 g/mol. The van der Waals surface area contributed by atoms with E-state index in [1.807, 2.05) is 61.5 Å². The Bertz CT molecular complexity index is 1820. The molecule has 1 N–H and O–H groups in total. The monoisotopic (exact) mass is 519 g/mol. The van der Waals surface area contributed by atoms with Crippen LogP contribution in [0.2, 0.25) is 0 Å². The Morgan fingerprint density at radius 1 is 0.923 bits per heavy atom. The molecule has 194 valence electrons. The van der Waals surface area contributed by atoms with Crippen molar-refractivity contribution in [3.05, 3.63) is 101 Å². The fourth-order valence-corrected chi connectivity index (χ4v) is 4.69. The summed E-state index contributed by atoms with van der Waals surface area (Å²) in [6.07, 6.45) is 1.69. The molecule has 3 aromatic heterocycles. The molecule has 0 fully saturated rings. The van der Waals surface area contributed by atoms with Crippen LogP contribution in [0, 0.1) is 0 Å². The van der Waals surface area contributed by atoms with Crippen LogP contribution in [0.15, 0.2) is 94.4 Å². The predicted molar refractivity (Wildman–Crippen MR) is 148 cm³/mol. The third-order valence-electron chi connectivity index (χ3n) is 6.49. The van der Waals surface area contributed by atoms with Crippen LogP contribution in [0.4, 0.5) is 0 Å². The average Bonchev–Trinajstić information content (AvgIpc) is 3.56. The zero-order chi connectivity index (χ0) is 26.8. The van der Waals surface area contributed by atoms with Crippen molar-refractivity contribution >= 4 is 11.0 Å². The van der Waals surface area contributed by atoms with Gasteiger partial charge in [0, 0.05) is 17.3 Å². The summed E-state index contributed by atoms with van der Waals surface area (Å²) in [5.41, 5.74) is 7.32. The van der Waals surface area contributed by atoms with Crippen LogP contribution in [0.1, 0.15) is 12.5 Å². The molecule has 0 bridgehead atoms. The first-order valence-electron chi connectivity index (χ1n) is 12.5. The molecule has 0 amide bonds. The van der Waals surface area contributed by atoms with E-state index in [1.54, 1.807) is 13.3 Å². The molecule has 0 aliphatic carbocycles.